The Morgan fingerprint density at radius 2 is 2.19 bits per heavy atom. The normalized spacial score (nSPS) is 12.4. The highest BCUT2D eigenvalue weighted by Crippen LogP contribution is 2.37. The van der Waals surface area contributed by atoms with Gasteiger partial charge in [0.1, 0.15) is 5.56 Å². The minimum absolute atomic E-state index is 0.176. The van der Waals surface area contributed by atoms with E-state index >= 15 is 0 Å². The van der Waals surface area contributed by atoms with E-state index in [-0.39, 0.29) is 5.56 Å². The van der Waals surface area contributed by atoms with Crippen molar-refractivity contribution in [2.24, 2.45) is 0 Å². The summed E-state index contributed by atoms with van der Waals surface area (Å²) in [5, 5.41) is 28.1. The van der Waals surface area contributed by atoms with Crippen molar-refractivity contribution in [1.82, 2.24) is 30.2 Å². The third-order valence-corrected chi connectivity index (χ3v) is 5.73. The van der Waals surface area contributed by atoms with Gasteiger partial charge in [-0.05, 0) is 63.5 Å². The first kappa shape index (κ1) is 20.2. The Kier molecular flexibility index (Phi) is 5.10. The molecule has 0 aliphatic carbocycles. The number of fused-ring (bicyclic) bond motifs is 3. The predicted molar refractivity (Wildman–Crippen MR) is 122 cm³/mol. The van der Waals surface area contributed by atoms with Crippen LogP contribution in [0.1, 0.15) is 29.3 Å². The molecule has 0 spiro atoms. The van der Waals surface area contributed by atoms with Crippen molar-refractivity contribution in [1.29, 1.82) is 0 Å². The van der Waals surface area contributed by atoms with E-state index in [0.717, 1.165) is 33.5 Å². The van der Waals surface area contributed by atoms with Crippen LogP contribution in [0.3, 0.4) is 0 Å². The summed E-state index contributed by atoms with van der Waals surface area (Å²) >= 11 is 3.55. The first-order valence-electron chi connectivity index (χ1n) is 10.0. The third-order valence-electron chi connectivity index (χ3n) is 5.30. The molecule has 0 radical (unpaired) electrons. The maximum absolute atomic E-state index is 11.8. The van der Waals surface area contributed by atoms with Crippen LogP contribution in [0.4, 0.5) is 11.5 Å². The Hall–Kier alpha value is -3.73. The number of aromatic carboxylic acids is 1. The number of carboxylic acid groups (broad SMARTS) is 1. The molecule has 11 heteroatoms. The number of H-pyrrole nitrogens is 1. The average molecular weight is 495 g/mol. The van der Waals surface area contributed by atoms with Gasteiger partial charge in [0.2, 0.25) is 5.82 Å². The van der Waals surface area contributed by atoms with E-state index in [1.54, 1.807) is 18.3 Å². The molecule has 0 amide bonds. The lowest BCUT2D eigenvalue weighted by atomic mass is 10.1. The molecule has 2 aliphatic heterocycles. The smallest absolute Gasteiger partial charge is 0.339 e. The maximum Gasteiger partial charge on any atom is 0.339 e. The number of tetrazole rings is 1. The number of pyridine rings is 1. The van der Waals surface area contributed by atoms with E-state index in [1.807, 2.05) is 27.9 Å². The number of halogens is 1. The number of hydrogen-bond donors (Lipinski definition) is 2. The number of benzene rings is 1. The molecule has 2 aliphatic rings. The number of aromatic nitrogens is 6. The Balaban J connectivity index is 1.57. The van der Waals surface area contributed by atoms with Crippen molar-refractivity contribution >= 4 is 33.4 Å². The van der Waals surface area contributed by atoms with Crippen LogP contribution in [-0.2, 0) is 6.54 Å². The summed E-state index contributed by atoms with van der Waals surface area (Å²) in [7, 11) is 0. The molecule has 4 aromatic rings. The molecule has 6 rings (SSSR count). The first-order valence-corrected chi connectivity index (χ1v) is 10.8. The summed E-state index contributed by atoms with van der Waals surface area (Å²) in [4.78, 5) is 16.2. The van der Waals surface area contributed by atoms with Crippen LogP contribution >= 0.6 is 15.9 Å². The Morgan fingerprint density at radius 3 is 2.88 bits per heavy atom. The number of anilines is 2. The summed E-state index contributed by atoms with van der Waals surface area (Å²) in [6.07, 6.45) is 4.42. The number of aromatic amines is 1. The summed E-state index contributed by atoms with van der Waals surface area (Å²) in [5.74, 6) is -0.0681. The topological polar surface area (TPSA) is 116 Å². The fourth-order valence-electron chi connectivity index (χ4n) is 3.94. The van der Waals surface area contributed by atoms with Gasteiger partial charge in [-0.3, -0.25) is 10.0 Å². The van der Waals surface area contributed by atoms with E-state index in [9.17, 15) is 9.90 Å². The second-order valence-corrected chi connectivity index (χ2v) is 8.24. The molecule has 0 unspecified atom stereocenters. The molecule has 32 heavy (non-hydrogen) atoms. The van der Waals surface area contributed by atoms with Crippen molar-refractivity contribution in [2.75, 3.05) is 16.6 Å². The molecule has 3 aromatic heterocycles. The van der Waals surface area contributed by atoms with Gasteiger partial charge in [-0.1, -0.05) is 13.0 Å². The molecule has 162 valence electrons. The number of rotatable bonds is 7. The monoisotopic (exact) mass is 494 g/mol. The third kappa shape index (κ3) is 3.40. The van der Waals surface area contributed by atoms with E-state index in [2.05, 4.69) is 65.6 Å². The zero-order chi connectivity index (χ0) is 22.2. The minimum Gasteiger partial charge on any atom is -0.478 e. The molecule has 2 N–H and O–H groups in total. The van der Waals surface area contributed by atoms with Crippen LogP contribution in [-0.4, -0.2) is 47.8 Å². The van der Waals surface area contributed by atoms with Crippen molar-refractivity contribution in [3.63, 3.8) is 0 Å². The largest absolute Gasteiger partial charge is 0.478 e. The van der Waals surface area contributed by atoms with Crippen molar-refractivity contribution < 1.29 is 9.90 Å². The number of hydrogen-bond acceptors (Lipinski definition) is 7. The zero-order valence-electron chi connectivity index (χ0n) is 17.1. The summed E-state index contributed by atoms with van der Waals surface area (Å²) < 4.78 is 2.93. The number of nitrogens with one attached hydrogen (secondary N) is 1. The highest BCUT2D eigenvalue weighted by molar-refractivity contribution is 9.10. The number of carbonyl (C=O) groups is 1. The van der Waals surface area contributed by atoms with Gasteiger partial charge in [-0.25, -0.2) is 9.78 Å². The predicted octanol–water partition coefficient (Wildman–Crippen LogP) is 3.66. The van der Waals surface area contributed by atoms with Gasteiger partial charge in [0, 0.05) is 23.4 Å². The Bertz CT molecular complexity index is 1290. The molecular weight excluding hydrogens is 476 g/mol. The molecule has 2 bridgehead atoms. The van der Waals surface area contributed by atoms with Gasteiger partial charge >= 0.3 is 5.97 Å². The van der Waals surface area contributed by atoms with Crippen LogP contribution in [0, 0.1) is 0 Å². The molecule has 1 aromatic carbocycles. The lowest BCUT2D eigenvalue weighted by molar-refractivity contribution is 0.0697. The quantitative estimate of drug-likeness (QED) is 0.399. The van der Waals surface area contributed by atoms with Crippen molar-refractivity contribution in [3.8, 4) is 17.2 Å². The fourth-order valence-corrected chi connectivity index (χ4v) is 4.36. The van der Waals surface area contributed by atoms with Gasteiger partial charge in [-0.2, -0.15) is 5.21 Å². The van der Waals surface area contributed by atoms with Crippen LogP contribution in [0.2, 0.25) is 0 Å². The van der Waals surface area contributed by atoms with Gasteiger partial charge in [-0.15, -0.1) is 10.2 Å². The van der Waals surface area contributed by atoms with Crippen molar-refractivity contribution in [3.05, 3.63) is 64.4 Å². The average Bonchev–Trinajstić information content (AvgIpc) is 3.47. The van der Waals surface area contributed by atoms with Crippen LogP contribution in [0.25, 0.3) is 17.2 Å². The van der Waals surface area contributed by atoms with E-state index in [0.29, 0.717) is 24.7 Å². The van der Waals surface area contributed by atoms with Gasteiger partial charge < -0.3 is 9.67 Å². The standard InChI is InChI=1S/C21H19BrN8O2/c1-2-8-29(20-16(21(31)32)4-3-7-23-20)30-11-13-5-6-15(30)10-17(13)28-12-14(22)9-18(28)19-24-26-27-25-19/h3-7,9-10,12H,2,8,11H2,1H3,(H,31,32)(H,24,25,26,27). The van der Waals surface area contributed by atoms with E-state index in [4.69, 9.17) is 0 Å². The van der Waals surface area contributed by atoms with E-state index in [1.165, 1.54) is 0 Å². The minimum atomic E-state index is -0.997. The van der Waals surface area contributed by atoms with E-state index < -0.39 is 5.97 Å². The molecule has 0 saturated carbocycles. The lowest BCUT2D eigenvalue weighted by Gasteiger charge is -2.41. The molecule has 0 fully saturated rings. The molecule has 0 saturated heterocycles. The van der Waals surface area contributed by atoms with Crippen LogP contribution in [0.15, 0.2) is 53.3 Å². The second kappa shape index (κ2) is 8.08. The van der Waals surface area contributed by atoms with Crippen molar-refractivity contribution in [2.45, 2.75) is 19.9 Å². The number of nitrogens with zero attached hydrogens (tertiary/aromatic N) is 7. The molecular formula is C21H19BrN8O2. The summed E-state index contributed by atoms with van der Waals surface area (Å²) in [6, 6.07) is 11.3. The zero-order valence-corrected chi connectivity index (χ0v) is 18.7. The Morgan fingerprint density at radius 1 is 1.31 bits per heavy atom. The van der Waals surface area contributed by atoms with Gasteiger partial charge in [0.25, 0.3) is 0 Å². The number of hydrazine groups is 1. The molecule has 0 atom stereocenters. The Labute approximate surface area is 191 Å². The summed E-state index contributed by atoms with van der Waals surface area (Å²) in [5.41, 5.74) is 3.99. The maximum atomic E-state index is 11.8. The molecule has 10 nitrogen and oxygen atoms in total. The summed E-state index contributed by atoms with van der Waals surface area (Å²) in [6.45, 7) is 3.27. The fraction of sp³-hybridized carbons (Fsp3) is 0.190. The lowest BCUT2D eigenvalue weighted by Crippen LogP contribution is -2.46. The molecule has 5 heterocycles. The van der Waals surface area contributed by atoms with Crippen LogP contribution in [0.5, 0.6) is 0 Å². The second-order valence-electron chi connectivity index (χ2n) is 7.32. The highest BCUT2D eigenvalue weighted by atomic mass is 79.9. The van der Waals surface area contributed by atoms with Crippen LogP contribution < -0.4 is 10.0 Å². The van der Waals surface area contributed by atoms with Gasteiger partial charge in [0.05, 0.1) is 23.6 Å². The highest BCUT2D eigenvalue weighted by Gasteiger charge is 2.28. The van der Waals surface area contributed by atoms with Gasteiger partial charge in [0.15, 0.2) is 5.82 Å². The SMILES string of the molecule is CCCN(c1ncccc1C(=O)O)N1Cc2ccc1cc2-n1cc(Br)cc1-c1nn[nH]n1. The number of carboxylic acids is 1. The first-order chi connectivity index (χ1) is 15.6.